The molecule has 2 N–H and O–H groups in total. The van der Waals surface area contributed by atoms with Crippen LogP contribution in [0.15, 0.2) is 0 Å². The smallest absolute Gasteiger partial charge is 0.317 e. The van der Waals surface area contributed by atoms with Gasteiger partial charge < -0.3 is 20.3 Å². The van der Waals surface area contributed by atoms with E-state index in [1.165, 1.54) is 0 Å². The highest BCUT2D eigenvalue weighted by Gasteiger charge is 2.37. The molecule has 0 spiro atoms. The van der Waals surface area contributed by atoms with Crippen molar-refractivity contribution in [3.05, 3.63) is 0 Å². The minimum absolute atomic E-state index is 0.0137. The Kier molecular flexibility index (Phi) is 2.37. The number of piperazine rings is 1. The van der Waals surface area contributed by atoms with E-state index in [1.807, 2.05) is 4.90 Å². The van der Waals surface area contributed by atoms with E-state index in [-0.39, 0.29) is 18.1 Å². The quantitative estimate of drug-likeness (QED) is 0.509. The molecule has 0 aromatic heterocycles. The molecule has 0 radical (unpaired) electrons. The number of ether oxygens (including phenoxy) is 1. The van der Waals surface area contributed by atoms with Gasteiger partial charge in [-0.1, -0.05) is 0 Å². The number of hydrogen-bond donors (Lipinski definition) is 2. The molecule has 0 aromatic rings. The second-order valence-corrected chi connectivity index (χ2v) is 3.47. The highest BCUT2D eigenvalue weighted by atomic mass is 16.5. The summed E-state index contributed by atoms with van der Waals surface area (Å²) in [5.74, 6) is 0. The van der Waals surface area contributed by atoms with Crippen LogP contribution in [0.5, 0.6) is 0 Å². The van der Waals surface area contributed by atoms with Gasteiger partial charge in [-0.05, 0) is 0 Å². The topological polar surface area (TPSA) is 53.6 Å². The maximum atomic E-state index is 11.5. The average molecular weight is 185 g/mol. The summed E-state index contributed by atoms with van der Waals surface area (Å²) in [4.78, 5) is 13.4. The summed E-state index contributed by atoms with van der Waals surface area (Å²) in [6.45, 7) is 2.97. The van der Waals surface area contributed by atoms with Crippen LogP contribution < -0.4 is 10.6 Å². The van der Waals surface area contributed by atoms with Gasteiger partial charge in [-0.25, -0.2) is 4.79 Å². The van der Waals surface area contributed by atoms with Gasteiger partial charge in [0.05, 0.1) is 25.3 Å². The first kappa shape index (κ1) is 8.77. The third-order valence-electron chi connectivity index (χ3n) is 2.62. The molecule has 5 nitrogen and oxygen atoms in total. The van der Waals surface area contributed by atoms with E-state index in [0.717, 1.165) is 13.1 Å². The lowest BCUT2D eigenvalue weighted by atomic mass is 10.1. The van der Waals surface area contributed by atoms with Crippen molar-refractivity contribution in [1.29, 1.82) is 0 Å². The van der Waals surface area contributed by atoms with Crippen LogP contribution in [0.4, 0.5) is 4.79 Å². The van der Waals surface area contributed by atoms with Crippen LogP contribution in [-0.4, -0.2) is 56.4 Å². The second-order valence-electron chi connectivity index (χ2n) is 3.47. The standard InChI is InChI=1S/C8H15N3O2/c1-9-8(12)11-6-2-10-3-7(11)5-13-4-6/h6-7,10H,2-5H2,1H3,(H,9,12). The first-order valence-electron chi connectivity index (χ1n) is 4.61. The molecular weight excluding hydrogens is 170 g/mol. The van der Waals surface area contributed by atoms with Crippen molar-refractivity contribution in [2.45, 2.75) is 12.1 Å². The van der Waals surface area contributed by atoms with E-state index < -0.39 is 0 Å². The molecule has 13 heavy (non-hydrogen) atoms. The fraction of sp³-hybridized carbons (Fsp3) is 0.875. The summed E-state index contributed by atoms with van der Waals surface area (Å²) in [5.41, 5.74) is 0. The van der Waals surface area contributed by atoms with Gasteiger partial charge in [-0.2, -0.15) is 0 Å². The summed E-state index contributed by atoms with van der Waals surface area (Å²) >= 11 is 0. The van der Waals surface area contributed by atoms with Crippen LogP contribution in [0.25, 0.3) is 0 Å². The Morgan fingerprint density at radius 3 is 2.62 bits per heavy atom. The lowest BCUT2D eigenvalue weighted by Gasteiger charge is -2.45. The lowest BCUT2D eigenvalue weighted by molar-refractivity contribution is -0.0408. The Labute approximate surface area is 77.4 Å². The summed E-state index contributed by atoms with van der Waals surface area (Å²) < 4.78 is 5.40. The van der Waals surface area contributed by atoms with E-state index in [2.05, 4.69) is 10.6 Å². The molecule has 2 saturated heterocycles. The normalized spacial score (nSPS) is 32.8. The van der Waals surface area contributed by atoms with Gasteiger partial charge in [0.2, 0.25) is 0 Å². The number of carbonyl (C=O) groups excluding carboxylic acids is 1. The van der Waals surface area contributed by atoms with Gasteiger partial charge in [0.15, 0.2) is 0 Å². The highest BCUT2D eigenvalue weighted by Crippen LogP contribution is 2.16. The summed E-state index contributed by atoms with van der Waals surface area (Å²) in [5, 5.41) is 5.96. The summed E-state index contributed by atoms with van der Waals surface area (Å²) in [6.07, 6.45) is 0. The lowest BCUT2D eigenvalue weighted by Crippen LogP contribution is -2.66. The van der Waals surface area contributed by atoms with Gasteiger partial charge >= 0.3 is 6.03 Å². The first-order chi connectivity index (χ1) is 6.33. The SMILES string of the molecule is CNC(=O)N1C2CNCC1COC2. The first-order valence-corrected chi connectivity index (χ1v) is 4.61. The number of nitrogens with zero attached hydrogens (tertiary/aromatic N) is 1. The average Bonchev–Trinajstić information content (AvgIpc) is 2.15. The van der Waals surface area contributed by atoms with Crippen LogP contribution in [0.1, 0.15) is 0 Å². The number of carbonyl (C=O) groups is 1. The summed E-state index contributed by atoms with van der Waals surface area (Å²) in [7, 11) is 1.67. The van der Waals surface area contributed by atoms with Crippen molar-refractivity contribution < 1.29 is 9.53 Å². The van der Waals surface area contributed by atoms with Gasteiger partial charge in [0, 0.05) is 20.1 Å². The zero-order valence-corrected chi connectivity index (χ0v) is 7.75. The predicted octanol–water partition coefficient (Wildman–Crippen LogP) is -1.00. The van der Waals surface area contributed by atoms with Gasteiger partial charge in [0.25, 0.3) is 0 Å². The molecule has 5 heteroatoms. The Morgan fingerprint density at radius 2 is 2.08 bits per heavy atom. The molecule has 2 unspecified atom stereocenters. The predicted molar refractivity (Wildman–Crippen MR) is 47.6 cm³/mol. The number of nitrogens with one attached hydrogen (secondary N) is 2. The number of hydrogen-bond acceptors (Lipinski definition) is 3. The Balaban J connectivity index is 2.10. The highest BCUT2D eigenvalue weighted by molar-refractivity contribution is 5.75. The molecule has 74 valence electrons. The van der Waals surface area contributed by atoms with Crippen molar-refractivity contribution in [2.24, 2.45) is 0 Å². The van der Waals surface area contributed by atoms with Gasteiger partial charge in [0.1, 0.15) is 0 Å². The zero-order chi connectivity index (χ0) is 9.26. The molecule has 0 aliphatic carbocycles. The molecule has 2 aliphatic rings. The van der Waals surface area contributed by atoms with Crippen LogP contribution in [0, 0.1) is 0 Å². The molecule has 2 fully saturated rings. The second kappa shape index (κ2) is 3.51. The van der Waals surface area contributed by atoms with E-state index in [9.17, 15) is 4.79 Å². The maximum Gasteiger partial charge on any atom is 0.317 e. The van der Waals surface area contributed by atoms with Crippen LogP contribution in [-0.2, 0) is 4.74 Å². The van der Waals surface area contributed by atoms with Crippen molar-refractivity contribution in [3.63, 3.8) is 0 Å². The largest absolute Gasteiger partial charge is 0.377 e. The number of morpholine rings is 1. The van der Waals surface area contributed by atoms with Crippen molar-refractivity contribution >= 4 is 6.03 Å². The molecule has 2 aliphatic heterocycles. The van der Waals surface area contributed by atoms with E-state index in [4.69, 9.17) is 4.74 Å². The fourth-order valence-electron chi connectivity index (χ4n) is 1.99. The van der Waals surface area contributed by atoms with Gasteiger partial charge in [-0.3, -0.25) is 0 Å². The minimum Gasteiger partial charge on any atom is -0.377 e. The van der Waals surface area contributed by atoms with Crippen molar-refractivity contribution in [2.75, 3.05) is 33.4 Å². The molecule has 2 atom stereocenters. The van der Waals surface area contributed by atoms with Crippen molar-refractivity contribution in [3.8, 4) is 0 Å². The monoisotopic (exact) mass is 185 g/mol. The molecule has 2 amide bonds. The number of rotatable bonds is 0. The Bertz CT molecular complexity index is 188. The van der Waals surface area contributed by atoms with E-state index in [1.54, 1.807) is 7.05 Å². The number of urea groups is 1. The molecule has 0 aromatic carbocycles. The number of fused-ring (bicyclic) bond motifs is 2. The Morgan fingerprint density at radius 1 is 1.46 bits per heavy atom. The third kappa shape index (κ3) is 1.49. The summed E-state index contributed by atoms with van der Waals surface area (Å²) in [6, 6.07) is 0.416. The minimum atomic E-state index is 0.0137. The van der Waals surface area contributed by atoms with Crippen LogP contribution >= 0.6 is 0 Å². The molecular formula is C8H15N3O2. The zero-order valence-electron chi connectivity index (χ0n) is 7.75. The van der Waals surface area contributed by atoms with E-state index in [0.29, 0.717) is 13.2 Å². The van der Waals surface area contributed by atoms with Crippen molar-refractivity contribution in [1.82, 2.24) is 15.5 Å². The Hall–Kier alpha value is -0.810. The molecule has 0 saturated carbocycles. The molecule has 2 heterocycles. The molecule has 2 rings (SSSR count). The molecule has 2 bridgehead atoms. The van der Waals surface area contributed by atoms with Crippen LogP contribution in [0.3, 0.4) is 0 Å². The van der Waals surface area contributed by atoms with E-state index >= 15 is 0 Å². The van der Waals surface area contributed by atoms with Gasteiger partial charge in [-0.15, -0.1) is 0 Å². The number of amides is 2. The maximum absolute atomic E-state index is 11.5. The fourth-order valence-corrected chi connectivity index (χ4v) is 1.99. The third-order valence-corrected chi connectivity index (χ3v) is 2.62. The van der Waals surface area contributed by atoms with Crippen LogP contribution in [0.2, 0.25) is 0 Å².